The molecule has 0 unspecified atom stereocenters. The van der Waals surface area contributed by atoms with E-state index in [0.717, 1.165) is 5.69 Å². The van der Waals surface area contributed by atoms with E-state index in [1.54, 1.807) is 41.3 Å². The van der Waals surface area contributed by atoms with Gasteiger partial charge in [-0.05, 0) is 57.2 Å². The smallest absolute Gasteiger partial charge is 0.410 e. The lowest BCUT2D eigenvalue weighted by atomic mass is 10.1. The second-order valence-corrected chi connectivity index (χ2v) is 8.46. The summed E-state index contributed by atoms with van der Waals surface area (Å²) in [5.74, 6) is -0.594. The highest BCUT2D eigenvalue weighted by molar-refractivity contribution is 6.34. The Bertz CT molecular complexity index is 951. The number of benzene rings is 2. The number of fused-ring (bicyclic) bond motifs is 1. The molecule has 2 heterocycles. The number of hydrogen-bond acceptors (Lipinski definition) is 5. The molecule has 7 nitrogen and oxygen atoms in total. The third-order valence-electron chi connectivity index (χ3n) is 5.20. The Morgan fingerprint density at radius 3 is 1.80 bits per heavy atom. The lowest BCUT2D eigenvalue weighted by Gasteiger charge is -2.36. The molecule has 1 fully saturated rings. The van der Waals surface area contributed by atoms with Crippen molar-refractivity contribution in [3.8, 4) is 0 Å². The van der Waals surface area contributed by atoms with Crippen LogP contribution in [0.3, 0.4) is 0 Å². The maximum atomic E-state index is 12.6. The molecule has 30 heavy (non-hydrogen) atoms. The summed E-state index contributed by atoms with van der Waals surface area (Å²) in [7, 11) is 0. The summed E-state index contributed by atoms with van der Waals surface area (Å²) in [4.78, 5) is 42.6. The Morgan fingerprint density at radius 2 is 1.30 bits per heavy atom. The summed E-state index contributed by atoms with van der Waals surface area (Å²) >= 11 is 0. The van der Waals surface area contributed by atoms with Crippen molar-refractivity contribution in [2.75, 3.05) is 36.0 Å². The van der Waals surface area contributed by atoms with E-state index in [0.29, 0.717) is 43.0 Å². The van der Waals surface area contributed by atoms with Gasteiger partial charge in [0.15, 0.2) is 0 Å². The van der Waals surface area contributed by atoms with E-state index in [-0.39, 0.29) is 17.9 Å². The molecule has 2 aliphatic heterocycles. The van der Waals surface area contributed by atoms with Crippen LogP contribution in [0.15, 0.2) is 48.5 Å². The molecular weight excluding hydrogens is 382 g/mol. The van der Waals surface area contributed by atoms with Crippen molar-refractivity contribution in [2.45, 2.75) is 26.4 Å². The number of imide groups is 1. The van der Waals surface area contributed by atoms with Gasteiger partial charge in [0, 0.05) is 31.9 Å². The standard InChI is InChI=1S/C23H25N3O4/c1-23(2,3)30-22(29)25-14-12-24(13-15-25)16-8-10-17(11-9-16)26-20(27)18-6-4-5-7-19(18)21(26)28/h4-11H,12-15H2,1-3H3. The third-order valence-corrected chi connectivity index (χ3v) is 5.20. The van der Waals surface area contributed by atoms with E-state index in [2.05, 4.69) is 4.90 Å². The molecule has 0 atom stereocenters. The first kappa shape index (κ1) is 19.9. The van der Waals surface area contributed by atoms with Crippen LogP contribution in [-0.4, -0.2) is 54.6 Å². The van der Waals surface area contributed by atoms with Crippen LogP contribution in [0, 0.1) is 0 Å². The number of carbonyl (C=O) groups is 3. The molecule has 156 valence electrons. The van der Waals surface area contributed by atoms with Gasteiger partial charge in [0.25, 0.3) is 11.8 Å². The minimum atomic E-state index is -0.506. The molecule has 4 rings (SSSR count). The second-order valence-electron chi connectivity index (χ2n) is 8.46. The predicted octanol–water partition coefficient (Wildman–Crippen LogP) is 3.54. The fourth-order valence-corrected chi connectivity index (χ4v) is 3.71. The van der Waals surface area contributed by atoms with E-state index in [4.69, 9.17) is 4.74 Å². The first-order valence-corrected chi connectivity index (χ1v) is 10.1. The molecule has 0 radical (unpaired) electrons. The lowest BCUT2D eigenvalue weighted by Crippen LogP contribution is -2.50. The Balaban J connectivity index is 1.41. The van der Waals surface area contributed by atoms with Crippen molar-refractivity contribution in [1.29, 1.82) is 0 Å². The zero-order chi connectivity index (χ0) is 21.5. The molecule has 0 saturated carbocycles. The maximum Gasteiger partial charge on any atom is 0.410 e. The molecule has 0 bridgehead atoms. The lowest BCUT2D eigenvalue weighted by molar-refractivity contribution is 0.0240. The fourth-order valence-electron chi connectivity index (χ4n) is 3.71. The first-order valence-electron chi connectivity index (χ1n) is 10.1. The van der Waals surface area contributed by atoms with E-state index < -0.39 is 5.60 Å². The zero-order valence-electron chi connectivity index (χ0n) is 17.4. The topological polar surface area (TPSA) is 70.2 Å². The number of ether oxygens (including phenoxy) is 1. The largest absolute Gasteiger partial charge is 0.444 e. The molecule has 3 amide bonds. The molecule has 2 aromatic rings. The molecule has 0 N–H and O–H groups in total. The fraction of sp³-hybridized carbons (Fsp3) is 0.348. The number of anilines is 2. The highest BCUT2D eigenvalue weighted by Gasteiger charge is 2.36. The van der Waals surface area contributed by atoms with Crippen LogP contribution in [0.1, 0.15) is 41.5 Å². The van der Waals surface area contributed by atoms with Crippen molar-refractivity contribution >= 4 is 29.3 Å². The predicted molar refractivity (Wildman–Crippen MR) is 114 cm³/mol. The molecule has 0 aliphatic carbocycles. The number of amides is 3. The first-order chi connectivity index (χ1) is 14.2. The van der Waals surface area contributed by atoms with Gasteiger partial charge in [-0.25, -0.2) is 9.69 Å². The van der Waals surface area contributed by atoms with Gasteiger partial charge in [0.2, 0.25) is 0 Å². The summed E-state index contributed by atoms with van der Waals surface area (Å²) in [5.41, 5.74) is 1.90. The SMILES string of the molecule is CC(C)(C)OC(=O)N1CCN(c2ccc(N3C(=O)c4ccccc4C3=O)cc2)CC1. The number of carbonyl (C=O) groups excluding carboxylic acids is 3. The van der Waals surface area contributed by atoms with Crippen LogP contribution < -0.4 is 9.80 Å². The Morgan fingerprint density at radius 1 is 0.800 bits per heavy atom. The van der Waals surface area contributed by atoms with Crippen LogP contribution in [0.2, 0.25) is 0 Å². The minimum Gasteiger partial charge on any atom is -0.444 e. The van der Waals surface area contributed by atoms with E-state index in [1.165, 1.54) is 4.90 Å². The quantitative estimate of drug-likeness (QED) is 0.712. The average Bonchev–Trinajstić information content (AvgIpc) is 2.98. The zero-order valence-corrected chi connectivity index (χ0v) is 17.4. The molecule has 1 saturated heterocycles. The van der Waals surface area contributed by atoms with Gasteiger partial charge in [0.1, 0.15) is 5.60 Å². The van der Waals surface area contributed by atoms with Crippen molar-refractivity contribution < 1.29 is 19.1 Å². The van der Waals surface area contributed by atoms with Crippen molar-refractivity contribution in [3.05, 3.63) is 59.7 Å². The van der Waals surface area contributed by atoms with Crippen LogP contribution in [0.25, 0.3) is 0 Å². The summed E-state index contributed by atoms with van der Waals surface area (Å²) < 4.78 is 5.44. The summed E-state index contributed by atoms with van der Waals surface area (Å²) in [5, 5.41) is 0. The Kier molecular flexibility index (Phi) is 4.97. The van der Waals surface area contributed by atoms with E-state index in [9.17, 15) is 14.4 Å². The summed E-state index contributed by atoms with van der Waals surface area (Å²) in [6.45, 7) is 8.10. The Labute approximate surface area is 175 Å². The maximum absolute atomic E-state index is 12.6. The molecule has 7 heteroatoms. The number of piperazine rings is 1. The van der Waals surface area contributed by atoms with Gasteiger partial charge in [-0.3, -0.25) is 9.59 Å². The van der Waals surface area contributed by atoms with Crippen molar-refractivity contribution in [1.82, 2.24) is 4.90 Å². The molecule has 2 aliphatic rings. The molecule has 0 spiro atoms. The average molecular weight is 407 g/mol. The van der Waals surface area contributed by atoms with Gasteiger partial charge in [-0.15, -0.1) is 0 Å². The van der Waals surface area contributed by atoms with Gasteiger partial charge in [-0.1, -0.05) is 12.1 Å². The van der Waals surface area contributed by atoms with E-state index >= 15 is 0 Å². The monoisotopic (exact) mass is 407 g/mol. The van der Waals surface area contributed by atoms with Crippen LogP contribution in [0.4, 0.5) is 16.2 Å². The highest BCUT2D eigenvalue weighted by Crippen LogP contribution is 2.30. The van der Waals surface area contributed by atoms with E-state index in [1.807, 2.05) is 32.9 Å². The van der Waals surface area contributed by atoms with Gasteiger partial charge in [-0.2, -0.15) is 0 Å². The number of nitrogens with zero attached hydrogens (tertiary/aromatic N) is 3. The second kappa shape index (κ2) is 7.48. The third kappa shape index (κ3) is 3.75. The molecular formula is C23H25N3O4. The van der Waals surface area contributed by atoms with Crippen LogP contribution in [-0.2, 0) is 4.74 Å². The van der Waals surface area contributed by atoms with Crippen LogP contribution >= 0.6 is 0 Å². The van der Waals surface area contributed by atoms with Gasteiger partial charge >= 0.3 is 6.09 Å². The minimum absolute atomic E-state index is 0.289. The molecule has 2 aromatic carbocycles. The normalized spacial score (nSPS) is 16.7. The summed E-state index contributed by atoms with van der Waals surface area (Å²) in [6.07, 6.45) is -0.289. The van der Waals surface area contributed by atoms with Gasteiger partial charge < -0.3 is 14.5 Å². The highest BCUT2D eigenvalue weighted by atomic mass is 16.6. The molecule has 0 aromatic heterocycles. The van der Waals surface area contributed by atoms with Crippen molar-refractivity contribution in [2.24, 2.45) is 0 Å². The van der Waals surface area contributed by atoms with Gasteiger partial charge in [0.05, 0.1) is 16.8 Å². The van der Waals surface area contributed by atoms with Crippen LogP contribution in [0.5, 0.6) is 0 Å². The number of rotatable bonds is 2. The number of hydrogen-bond donors (Lipinski definition) is 0. The Hall–Kier alpha value is -3.35. The van der Waals surface area contributed by atoms with Crippen molar-refractivity contribution in [3.63, 3.8) is 0 Å². The summed E-state index contributed by atoms with van der Waals surface area (Å²) in [6, 6.07) is 14.3.